The van der Waals surface area contributed by atoms with Crippen molar-refractivity contribution in [3.05, 3.63) is 89.5 Å². The predicted octanol–water partition coefficient (Wildman–Crippen LogP) is 6.47. The maximum atomic E-state index is 14.3. The van der Waals surface area contributed by atoms with Gasteiger partial charge in [-0.2, -0.15) is 13.2 Å². The molecule has 1 saturated carbocycles. The van der Waals surface area contributed by atoms with Gasteiger partial charge in [0.1, 0.15) is 18.3 Å². The number of nitrogens with zero attached hydrogens (tertiary/aromatic N) is 2. The Morgan fingerprint density at radius 3 is 2.22 bits per heavy atom. The Kier molecular flexibility index (Phi) is 11.4. The van der Waals surface area contributed by atoms with Crippen molar-refractivity contribution in [1.82, 2.24) is 10.2 Å². The quantitative estimate of drug-likeness (QED) is 0.240. The number of hydrogen-bond donors (Lipinski definition) is 1. The highest BCUT2D eigenvalue weighted by Crippen LogP contribution is 2.33. The van der Waals surface area contributed by atoms with Gasteiger partial charge in [-0.25, -0.2) is 8.42 Å². The summed E-state index contributed by atoms with van der Waals surface area (Å²) in [4.78, 5) is 29.0. The van der Waals surface area contributed by atoms with Crippen molar-refractivity contribution in [2.75, 3.05) is 18.0 Å². The molecule has 1 fully saturated rings. The average Bonchev–Trinajstić information content (AvgIpc) is 3.04. The maximum absolute atomic E-state index is 14.3. The molecule has 2 amide bonds. The molecule has 0 saturated heterocycles. The zero-order valence-electron chi connectivity index (χ0n) is 26.2. The van der Waals surface area contributed by atoms with Gasteiger partial charge in [-0.1, -0.05) is 62.1 Å². The molecular formula is C34H40F3N3O5S. The molecule has 1 N–H and O–H groups in total. The number of halogens is 3. The number of amides is 2. The normalized spacial score (nSPS) is 14.7. The largest absolute Gasteiger partial charge is 0.497 e. The van der Waals surface area contributed by atoms with Crippen molar-refractivity contribution in [3.8, 4) is 5.75 Å². The van der Waals surface area contributed by atoms with E-state index in [1.807, 2.05) is 0 Å². The number of sulfonamides is 1. The molecule has 1 atom stereocenters. The molecule has 0 aromatic heterocycles. The van der Waals surface area contributed by atoms with Gasteiger partial charge in [-0.05, 0) is 74.2 Å². The second-order valence-electron chi connectivity index (χ2n) is 11.5. The van der Waals surface area contributed by atoms with E-state index in [2.05, 4.69) is 5.32 Å². The van der Waals surface area contributed by atoms with E-state index >= 15 is 0 Å². The van der Waals surface area contributed by atoms with E-state index < -0.39 is 40.3 Å². The van der Waals surface area contributed by atoms with Crippen LogP contribution >= 0.6 is 0 Å². The molecule has 0 heterocycles. The Bertz CT molecular complexity index is 1590. The summed E-state index contributed by atoms with van der Waals surface area (Å²) in [5, 5.41) is 3.07. The molecule has 1 aliphatic rings. The first-order valence-electron chi connectivity index (χ1n) is 15.3. The summed E-state index contributed by atoms with van der Waals surface area (Å²) in [5.74, 6) is -0.513. The minimum atomic E-state index is -4.75. The fraction of sp³-hybridized carbons (Fsp3) is 0.412. The Morgan fingerprint density at radius 2 is 1.63 bits per heavy atom. The van der Waals surface area contributed by atoms with Crippen LogP contribution in [0.25, 0.3) is 0 Å². The first kappa shape index (κ1) is 34.8. The van der Waals surface area contributed by atoms with Crippen LogP contribution in [-0.4, -0.2) is 50.9 Å². The molecule has 0 radical (unpaired) electrons. The molecule has 46 heavy (non-hydrogen) atoms. The molecule has 3 aromatic carbocycles. The summed E-state index contributed by atoms with van der Waals surface area (Å²) >= 11 is 0. The number of ether oxygens (including phenoxy) is 1. The summed E-state index contributed by atoms with van der Waals surface area (Å²) in [6, 6.07) is 15.6. The summed E-state index contributed by atoms with van der Waals surface area (Å²) in [5.41, 5.74) is 0.0500. The highest BCUT2D eigenvalue weighted by Gasteiger charge is 2.36. The molecule has 248 valence electrons. The van der Waals surface area contributed by atoms with Crippen molar-refractivity contribution in [3.63, 3.8) is 0 Å². The van der Waals surface area contributed by atoms with Crippen LogP contribution in [0, 0.1) is 6.92 Å². The van der Waals surface area contributed by atoms with Crippen molar-refractivity contribution in [1.29, 1.82) is 0 Å². The molecule has 0 unspecified atom stereocenters. The van der Waals surface area contributed by atoms with Crippen LogP contribution in [0.2, 0.25) is 0 Å². The third-order valence-corrected chi connectivity index (χ3v) is 9.99. The van der Waals surface area contributed by atoms with Crippen molar-refractivity contribution in [2.45, 2.75) is 82.1 Å². The molecule has 8 nitrogen and oxygen atoms in total. The molecule has 4 rings (SSSR count). The van der Waals surface area contributed by atoms with Gasteiger partial charge in [-0.15, -0.1) is 0 Å². The fourth-order valence-corrected chi connectivity index (χ4v) is 7.00. The second kappa shape index (κ2) is 15.0. The number of hydrogen-bond acceptors (Lipinski definition) is 5. The SMILES string of the molecule is CC[C@@H](C(=O)NC1CCCCC1)N(Cc1ccc(OC)cc1)C(=O)CN(c1cccc(C(F)(F)F)c1)S(=O)(=O)c1ccc(C)cc1. The summed E-state index contributed by atoms with van der Waals surface area (Å²) in [6.07, 6.45) is 0.197. The Hall–Kier alpha value is -4.06. The van der Waals surface area contributed by atoms with Gasteiger partial charge in [-0.3, -0.25) is 13.9 Å². The van der Waals surface area contributed by atoms with Gasteiger partial charge < -0.3 is 15.0 Å². The zero-order chi connectivity index (χ0) is 33.5. The van der Waals surface area contributed by atoms with E-state index in [-0.39, 0.29) is 35.5 Å². The van der Waals surface area contributed by atoms with Crippen molar-refractivity contribution < 1.29 is 35.9 Å². The third-order valence-electron chi connectivity index (χ3n) is 8.20. The Morgan fingerprint density at radius 1 is 0.978 bits per heavy atom. The van der Waals surface area contributed by atoms with E-state index in [1.54, 1.807) is 50.2 Å². The number of nitrogens with one attached hydrogen (secondary N) is 1. The molecule has 0 spiro atoms. The van der Waals surface area contributed by atoms with Gasteiger partial charge in [0.25, 0.3) is 10.0 Å². The van der Waals surface area contributed by atoms with Gasteiger partial charge in [0, 0.05) is 12.6 Å². The van der Waals surface area contributed by atoms with Crippen LogP contribution in [0.5, 0.6) is 5.75 Å². The van der Waals surface area contributed by atoms with Crippen LogP contribution in [0.1, 0.15) is 62.1 Å². The second-order valence-corrected chi connectivity index (χ2v) is 13.4. The Labute approximate surface area is 268 Å². The van der Waals surface area contributed by atoms with Gasteiger partial charge in [0.15, 0.2) is 0 Å². The van der Waals surface area contributed by atoms with Gasteiger partial charge >= 0.3 is 6.18 Å². The summed E-state index contributed by atoms with van der Waals surface area (Å²) in [6.45, 7) is 2.65. The van der Waals surface area contributed by atoms with Crippen molar-refractivity contribution >= 4 is 27.5 Å². The number of carbonyl (C=O) groups excluding carboxylic acids is 2. The van der Waals surface area contributed by atoms with E-state index in [9.17, 15) is 31.2 Å². The van der Waals surface area contributed by atoms with E-state index in [4.69, 9.17) is 4.74 Å². The average molecular weight is 660 g/mol. The maximum Gasteiger partial charge on any atom is 0.416 e. The lowest BCUT2D eigenvalue weighted by Crippen LogP contribution is -2.54. The van der Waals surface area contributed by atoms with Gasteiger partial charge in [0.2, 0.25) is 11.8 Å². The monoisotopic (exact) mass is 659 g/mol. The number of benzene rings is 3. The molecule has 0 aliphatic heterocycles. The molecular weight excluding hydrogens is 619 g/mol. The Balaban J connectivity index is 1.75. The molecule has 1 aliphatic carbocycles. The first-order chi connectivity index (χ1) is 21.8. The topological polar surface area (TPSA) is 96.0 Å². The van der Waals surface area contributed by atoms with Crippen LogP contribution in [0.15, 0.2) is 77.7 Å². The van der Waals surface area contributed by atoms with E-state index in [0.717, 1.165) is 49.8 Å². The highest BCUT2D eigenvalue weighted by molar-refractivity contribution is 7.92. The lowest BCUT2D eigenvalue weighted by atomic mass is 9.95. The predicted molar refractivity (Wildman–Crippen MR) is 170 cm³/mol. The lowest BCUT2D eigenvalue weighted by molar-refractivity contribution is -0.140. The number of methoxy groups -OCH3 is 1. The molecule has 12 heteroatoms. The fourth-order valence-electron chi connectivity index (χ4n) is 5.60. The minimum absolute atomic E-state index is 0.0308. The smallest absolute Gasteiger partial charge is 0.416 e. The van der Waals surface area contributed by atoms with E-state index in [1.165, 1.54) is 30.2 Å². The van der Waals surface area contributed by atoms with Crippen LogP contribution in [-0.2, 0) is 32.3 Å². The number of aryl methyl sites for hydroxylation is 1. The number of carbonyl (C=O) groups is 2. The highest BCUT2D eigenvalue weighted by atomic mass is 32.2. The van der Waals surface area contributed by atoms with Crippen LogP contribution in [0.4, 0.5) is 18.9 Å². The lowest BCUT2D eigenvalue weighted by Gasteiger charge is -2.34. The number of alkyl halides is 3. The number of rotatable bonds is 12. The van der Waals surface area contributed by atoms with E-state index in [0.29, 0.717) is 21.7 Å². The van der Waals surface area contributed by atoms with Crippen LogP contribution < -0.4 is 14.4 Å². The summed E-state index contributed by atoms with van der Waals surface area (Å²) < 4.78 is 75.1. The first-order valence-corrected chi connectivity index (χ1v) is 16.8. The van der Waals surface area contributed by atoms with Gasteiger partial charge in [0.05, 0.1) is 23.3 Å². The number of anilines is 1. The van der Waals surface area contributed by atoms with Crippen LogP contribution in [0.3, 0.4) is 0 Å². The molecule has 0 bridgehead atoms. The van der Waals surface area contributed by atoms with Crippen molar-refractivity contribution in [2.24, 2.45) is 0 Å². The summed E-state index contributed by atoms with van der Waals surface area (Å²) in [7, 11) is -3.00. The standard InChI is InChI=1S/C34H40F3N3O5S/c1-4-31(33(42)38-27-10-6-5-7-11-27)39(22-25-15-17-29(45-3)18-16-25)32(41)23-40(28-12-8-9-26(21-28)34(35,36)37)46(43,44)30-19-13-24(2)14-20-30/h8-9,12-21,27,31H,4-7,10-11,22-23H2,1-3H3,(H,38,42)/t31-/m0/s1. The minimum Gasteiger partial charge on any atom is -0.497 e. The molecule has 3 aromatic rings. The third kappa shape index (κ3) is 8.60. The zero-order valence-corrected chi connectivity index (χ0v) is 27.0.